The predicted octanol–water partition coefficient (Wildman–Crippen LogP) is 4.22. The SMILES string of the molecule is O=[N+]([O-])c1ccc(/C=C(Cl)/C=N\Nc2ncnc3ccccc23)cc1. The van der Waals surface area contributed by atoms with Crippen molar-refractivity contribution >= 4 is 46.3 Å². The highest BCUT2D eigenvalue weighted by Crippen LogP contribution is 2.18. The van der Waals surface area contributed by atoms with Crippen LogP contribution in [0.15, 0.2) is 65.0 Å². The van der Waals surface area contributed by atoms with E-state index in [0.29, 0.717) is 10.9 Å². The van der Waals surface area contributed by atoms with Gasteiger partial charge in [0, 0.05) is 17.5 Å². The monoisotopic (exact) mass is 353 g/mol. The Morgan fingerprint density at radius 2 is 1.92 bits per heavy atom. The third kappa shape index (κ3) is 4.15. The maximum Gasteiger partial charge on any atom is 0.269 e. The molecule has 0 spiro atoms. The molecular formula is C17H12ClN5O2. The van der Waals surface area contributed by atoms with Crippen LogP contribution in [0.1, 0.15) is 5.56 Å². The summed E-state index contributed by atoms with van der Waals surface area (Å²) < 4.78 is 0. The van der Waals surface area contributed by atoms with Crippen molar-refractivity contribution in [1.82, 2.24) is 9.97 Å². The Balaban J connectivity index is 1.71. The summed E-state index contributed by atoms with van der Waals surface area (Å²) in [6.07, 6.45) is 4.53. The van der Waals surface area contributed by atoms with E-state index >= 15 is 0 Å². The van der Waals surface area contributed by atoms with Crippen molar-refractivity contribution in [2.45, 2.75) is 0 Å². The molecule has 7 nitrogen and oxygen atoms in total. The maximum atomic E-state index is 10.6. The molecule has 1 heterocycles. The van der Waals surface area contributed by atoms with E-state index in [1.165, 1.54) is 24.7 Å². The Bertz CT molecular complexity index is 965. The zero-order chi connectivity index (χ0) is 17.6. The lowest BCUT2D eigenvalue weighted by Gasteiger charge is -2.03. The molecule has 0 unspecified atom stereocenters. The second-order valence-electron chi connectivity index (χ2n) is 4.99. The molecule has 0 radical (unpaired) electrons. The highest BCUT2D eigenvalue weighted by Gasteiger charge is 2.03. The minimum Gasteiger partial charge on any atom is -0.261 e. The molecule has 0 atom stereocenters. The molecule has 0 saturated heterocycles. The number of rotatable bonds is 5. The quantitative estimate of drug-likeness (QED) is 0.421. The molecule has 0 bridgehead atoms. The van der Waals surface area contributed by atoms with Gasteiger partial charge in [-0.2, -0.15) is 5.10 Å². The van der Waals surface area contributed by atoms with Crippen molar-refractivity contribution < 1.29 is 4.92 Å². The minimum absolute atomic E-state index is 0.0271. The maximum absolute atomic E-state index is 10.6. The van der Waals surface area contributed by atoms with Crippen LogP contribution in [0.2, 0.25) is 0 Å². The molecule has 0 aliphatic carbocycles. The molecule has 1 aromatic heterocycles. The molecule has 1 N–H and O–H groups in total. The van der Waals surface area contributed by atoms with Crippen LogP contribution in [0.25, 0.3) is 17.0 Å². The zero-order valence-electron chi connectivity index (χ0n) is 12.8. The average molecular weight is 354 g/mol. The number of nitro groups is 1. The summed E-state index contributed by atoms with van der Waals surface area (Å²) in [5.74, 6) is 0.571. The molecular weight excluding hydrogens is 342 g/mol. The molecule has 3 rings (SSSR count). The molecule has 2 aromatic carbocycles. The number of hydrogen-bond acceptors (Lipinski definition) is 6. The minimum atomic E-state index is -0.452. The number of fused-ring (bicyclic) bond motifs is 1. The van der Waals surface area contributed by atoms with Crippen molar-refractivity contribution in [2.75, 3.05) is 5.43 Å². The van der Waals surface area contributed by atoms with Crippen LogP contribution in [-0.4, -0.2) is 21.1 Å². The van der Waals surface area contributed by atoms with E-state index in [2.05, 4.69) is 20.5 Å². The second kappa shape index (κ2) is 7.50. The molecule has 8 heteroatoms. The number of aromatic nitrogens is 2. The van der Waals surface area contributed by atoms with Crippen LogP contribution in [0.3, 0.4) is 0 Å². The van der Waals surface area contributed by atoms with Crippen molar-refractivity contribution in [3.05, 3.63) is 75.6 Å². The fourth-order valence-electron chi connectivity index (χ4n) is 2.14. The number of hydrazone groups is 1. The van der Waals surface area contributed by atoms with Crippen molar-refractivity contribution in [3.8, 4) is 0 Å². The number of halogens is 1. The Kier molecular flexibility index (Phi) is 4.96. The van der Waals surface area contributed by atoms with Crippen molar-refractivity contribution in [2.24, 2.45) is 5.10 Å². The van der Waals surface area contributed by atoms with Crippen LogP contribution in [0.5, 0.6) is 0 Å². The van der Waals surface area contributed by atoms with Crippen molar-refractivity contribution in [1.29, 1.82) is 0 Å². The molecule has 0 saturated carbocycles. The summed E-state index contributed by atoms with van der Waals surface area (Å²) in [4.78, 5) is 18.5. The smallest absolute Gasteiger partial charge is 0.261 e. The number of nitrogens with one attached hydrogen (secondary N) is 1. The lowest BCUT2D eigenvalue weighted by Crippen LogP contribution is -1.95. The van der Waals surface area contributed by atoms with Crippen molar-refractivity contribution in [3.63, 3.8) is 0 Å². The van der Waals surface area contributed by atoms with Gasteiger partial charge >= 0.3 is 0 Å². The normalized spacial score (nSPS) is 11.8. The molecule has 25 heavy (non-hydrogen) atoms. The molecule has 0 amide bonds. The predicted molar refractivity (Wildman–Crippen MR) is 98.6 cm³/mol. The van der Waals surface area contributed by atoms with Gasteiger partial charge in [0.15, 0.2) is 5.82 Å². The molecule has 0 fully saturated rings. The number of para-hydroxylation sites is 1. The first-order valence-electron chi connectivity index (χ1n) is 7.24. The van der Waals surface area contributed by atoms with Gasteiger partial charge in [0.2, 0.25) is 0 Å². The fraction of sp³-hybridized carbons (Fsp3) is 0. The summed E-state index contributed by atoms with van der Waals surface area (Å²) in [5, 5.41) is 15.9. The lowest BCUT2D eigenvalue weighted by atomic mass is 10.2. The number of nitro benzene ring substituents is 1. The largest absolute Gasteiger partial charge is 0.269 e. The van der Waals surface area contributed by atoms with Crippen LogP contribution in [-0.2, 0) is 0 Å². The first-order chi connectivity index (χ1) is 12.1. The summed E-state index contributed by atoms with van der Waals surface area (Å²) in [7, 11) is 0. The molecule has 124 valence electrons. The van der Waals surface area contributed by atoms with E-state index in [4.69, 9.17) is 11.6 Å². The van der Waals surface area contributed by atoms with Gasteiger partial charge in [0.05, 0.1) is 21.7 Å². The third-order valence-electron chi connectivity index (χ3n) is 3.31. The Morgan fingerprint density at radius 1 is 1.16 bits per heavy atom. The van der Waals surface area contributed by atoms with E-state index in [1.54, 1.807) is 18.2 Å². The standard InChI is InChI=1S/C17H12ClN5O2/c18-13(9-12-5-7-14(8-6-12)23(24)25)10-21-22-17-15-3-1-2-4-16(15)19-11-20-17/h1-11H,(H,19,20,22)/b13-9-,21-10-. The number of allylic oxidation sites excluding steroid dienone is 1. The van der Waals surface area contributed by atoms with E-state index < -0.39 is 4.92 Å². The van der Waals surface area contributed by atoms with Gasteiger partial charge in [0.25, 0.3) is 5.69 Å². The van der Waals surface area contributed by atoms with Crippen LogP contribution >= 0.6 is 11.6 Å². The van der Waals surface area contributed by atoms with Gasteiger partial charge in [0.1, 0.15) is 6.33 Å². The highest BCUT2D eigenvalue weighted by atomic mass is 35.5. The van der Waals surface area contributed by atoms with Gasteiger partial charge < -0.3 is 0 Å². The van der Waals surface area contributed by atoms with Gasteiger partial charge in [-0.05, 0) is 35.9 Å². The van der Waals surface area contributed by atoms with Crippen LogP contribution in [0, 0.1) is 10.1 Å². The molecule has 0 aliphatic rings. The first kappa shape index (κ1) is 16.5. The summed E-state index contributed by atoms with van der Waals surface area (Å²) in [6, 6.07) is 13.6. The zero-order valence-corrected chi connectivity index (χ0v) is 13.6. The number of benzene rings is 2. The van der Waals surface area contributed by atoms with Gasteiger partial charge in [-0.1, -0.05) is 23.7 Å². The van der Waals surface area contributed by atoms with Gasteiger partial charge in [-0.15, -0.1) is 0 Å². The first-order valence-corrected chi connectivity index (χ1v) is 7.62. The molecule has 0 aliphatic heterocycles. The van der Waals surface area contributed by atoms with Gasteiger partial charge in [-0.3, -0.25) is 15.5 Å². The summed E-state index contributed by atoms with van der Waals surface area (Å²) in [5.41, 5.74) is 4.40. The van der Waals surface area contributed by atoms with Crippen LogP contribution in [0.4, 0.5) is 11.5 Å². The number of nitrogens with zero attached hydrogens (tertiary/aromatic N) is 4. The van der Waals surface area contributed by atoms with Gasteiger partial charge in [-0.25, -0.2) is 9.97 Å². The molecule has 3 aromatic rings. The topological polar surface area (TPSA) is 93.3 Å². The second-order valence-corrected chi connectivity index (χ2v) is 5.42. The number of non-ortho nitro benzene ring substituents is 1. The van der Waals surface area contributed by atoms with E-state index in [9.17, 15) is 10.1 Å². The summed E-state index contributed by atoms with van der Waals surface area (Å²) in [6.45, 7) is 0. The highest BCUT2D eigenvalue weighted by molar-refractivity contribution is 6.41. The average Bonchev–Trinajstić information content (AvgIpc) is 2.62. The Hall–Kier alpha value is -3.32. The Labute approximate surface area is 147 Å². The fourth-order valence-corrected chi connectivity index (χ4v) is 2.31. The van der Waals surface area contributed by atoms with E-state index in [0.717, 1.165) is 16.5 Å². The van der Waals surface area contributed by atoms with E-state index in [-0.39, 0.29) is 5.69 Å². The number of hydrogen-bond donors (Lipinski definition) is 1. The number of anilines is 1. The van der Waals surface area contributed by atoms with E-state index in [1.807, 2.05) is 24.3 Å². The Morgan fingerprint density at radius 3 is 2.68 bits per heavy atom. The summed E-state index contributed by atoms with van der Waals surface area (Å²) >= 11 is 6.11. The van der Waals surface area contributed by atoms with Crippen LogP contribution < -0.4 is 5.43 Å². The lowest BCUT2D eigenvalue weighted by molar-refractivity contribution is -0.384. The third-order valence-corrected chi connectivity index (χ3v) is 3.52.